The molecule has 1 fully saturated rings. The highest BCUT2D eigenvalue weighted by atomic mass is 35.5. The lowest BCUT2D eigenvalue weighted by Crippen LogP contribution is -2.47. The SMILES string of the molecule is CC(C)Oc1ccc(C(=O)NCCCN2CCN(c3ccc(Cl)cc3)CC2)cc1. The third-order valence-corrected chi connectivity index (χ3v) is 5.24. The zero-order chi connectivity index (χ0) is 20.6. The van der Waals surface area contributed by atoms with Gasteiger partial charge >= 0.3 is 0 Å². The largest absolute Gasteiger partial charge is 0.491 e. The molecule has 156 valence electrons. The third-order valence-electron chi connectivity index (χ3n) is 4.99. The van der Waals surface area contributed by atoms with Gasteiger partial charge in [-0.2, -0.15) is 0 Å². The first kappa shape index (κ1) is 21.5. The van der Waals surface area contributed by atoms with Crippen LogP contribution in [-0.2, 0) is 0 Å². The van der Waals surface area contributed by atoms with E-state index in [0.29, 0.717) is 12.1 Å². The molecular formula is C23H30ClN3O2. The molecule has 2 aromatic rings. The molecule has 0 bridgehead atoms. The Kier molecular flexibility index (Phi) is 7.78. The van der Waals surface area contributed by atoms with E-state index in [0.717, 1.165) is 49.9 Å². The van der Waals surface area contributed by atoms with Crippen LogP contribution in [0.25, 0.3) is 0 Å². The molecule has 1 aliphatic rings. The minimum Gasteiger partial charge on any atom is -0.491 e. The van der Waals surface area contributed by atoms with E-state index in [1.54, 1.807) is 0 Å². The highest BCUT2D eigenvalue weighted by Crippen LogP contribution is 2.19. The molecule has 1 N–H and O–H groups in total. The predicted octanol–water partition coefficient (Wildman–Crippen LogP) is 4.07. The lowest BCUT2D eigenvalue weighted by molar-refractivity contribution is 0.0951. The zero-order valence-corrected chi connectivity index (χ0v) is 18.0. The molecule has 2 aromatic carbocycles. The van der Waals surface area contributed by atoms with Crippen molar-refractivity contribution in [2.24, 2.45) is 0 Å². The minimum absolute atomic E-state index is 0.0337. The molecule has 1 heterocycles. The summed E-state index contributed by atoms with van der Waals surface area (Å²) in [5.74, 6) is 0.753. The van der Waals surface area contributed by atoms with Crippen molar-refractivity contribution in [3.63, 3.8) is 0 Å². The number of benzene rings is 2. The first-order valence-electron chi connectivity index (χ1n) is 10.3. The number of piperazine rings is 1. The quantitative estimate of drug-likeness (QED) is 0.660. The van der Waals surface area contributed by atoms with E-state index < -0.39 is 0 Å². The van der Waals surface area contributed by atoms with Crippen LogP contribution in [0.2, 0.25) is 5.02 Å². The normalized spacial score (nSPS) is 14.8. The first-order chi connectivity index (χ1) is 14.0. The lowest BCUT2D eigenvalue weighted by atomic mass is 10.2. The van der Waals surface area contributed by atoms with E-state index in [1.807, 2.05) is 50.2 Å². The summed E-state index contributed by atoms with van der Waals surface area (Å²) in [6.45, 7) is 9.74. The number of hydrogen-bond donors (Lipinski definition) is 1. The van der Waals surface area contributed by atoms with Crippen molar-refractivity contribution in [3.05, 3.63) is 59.1 Å². The first-order valence-corrected chi connectivity index (χ1v) is 10.7. The summed E-state index contributed by atoms with van der Waals surface area (Å²) in [6.07, 6.45) is 1.07. The highest BCUT2D eigenvalue weighted by Gasteiger charge is 2.16. The number of anilines is 1. The van der Waals surface area contributed by atoms with Gasteiger partial charge in [-0.25, -0.2) is 0 Å². The second-order valence-corrected chi connectivity index (χ2v) is 8.04. The van der Waals surface area contributed by atoms with Gasteiger partial charge in [0.2, 0.25) is 0 Å². The molecular weight excluding hydrogens is 386 g/mol. The van der Waals surface area contributed by atoms with E-state index in [1.165, 1.54) is 5.69 Å². The Bertz CT molecular complexity index is 770. The highest BCUT2D eigenvalue weighted by molar-refractivity contribution is 6.30. The van der Waals surface area contributed by atoms with Gasteiger partial charge in [0.1, 0.15) is 5.75 Å². The maximum atomic E-state index is 12.3. The molecule has 0 aliphatic carbocycles. The fraction of sp³-hybridized carbons (Fsp3) is 0.435. The van der Waals surface area contributed by atoms with E-state index in [-0.39, 0.29) is 12.0 Å². The van der Waals surface area contributed by atoms with Gasteiger partial charge in [-0.3, -0.25) is 9.69 Å². The van der Waals surface area contributed by atoms with Crippen LogP contribution in [0.4, 0.5) is 5.69 Å². The van der Waals surface area contributed by atoms with Gasteiger partial charge in [-0.1, -0.05) is 11.6 Å². The Morgan fingerprint density at radius 2 is 1.69 bits per heavy atom. The zero-order valence-electron chi connectivity index (χ0n) is 17.2. The standard InChI is InChI=1S/C23H30ClN3O2/c1-18(2)29-22-10-4-19(5-11-22)23(28)25-12-3-13-26-14-16-27(17-15-26)21-8-6-20(24)7-9-21/h4-11,18H,3,12-17H2,1-2H3,(H,25,28). The van der Waals surface area contributed by atoms with Gasteiger partial charge in [-0.15, -0.1) is 0 Å². The number of carbonyl (C=O) groups excluding carboxylic acids is 1. The van der Waals surface area contributed by atoms with Crippen LogP contribution in [-0.4, -0.2) is 56.2 Å². The van der Waals surface area contributed by atoms with Crippen molar-refractivity contribution in [2.75, 3.05) is 44.2 Å². The predicted molar refractivity (Wildman–Crippen MR) is 119 cm³/mol. The summed E-state index contributed by atoms with van der Waals surface area (Å²) in [6, 6.07) is 15.3. The number of carbonyl (C=O) groups is 1. The molecule has 5 nitrogen and oxygen atoms in total. The Balaban J connectivity index is 1.33. The number of rotatable bonds is 8. The summed E-state index contributed by atoms with van der Waals surface area (Å²) in [5.41, 5.74) is 1.89. The van der Waals surface area contributed by atoms with Crippen molar-refractivity contribution in [2.45, 2.75) is 26.4 Å². The number of ether oxygens (including phenoxy) is 1. The molecule has 1 aliphatic heterocycles. The van der Waals surface area contributed by atoms with Crippen molar-refractivity contribution < 1.29 is 9.53 Å². The van der Waals surface area contributed by atoms with Crippen molar-refractivity contribution >= 4 is 23.2 Å². The molecule has 3 rings (SSSR count). The van der Waals surface area contributed by atoms with E-state index in [4.69, 9.17) is 16.3 Å². The van der Waals surface area contributed by atoms with Crippen LogP contribution in [0.1, 0.15) is 30.6 Å². The molecule has 1 saturated heterocycles. The molecule has 0 spiro atoms. The molecule has 6 heteroatoms. The second kappa shape index (κ2) is 10.5. The smallest absolute Gasteiger partial charge is 0.251 e. The summed E-state index contributed by atoms with van der Waals surface area (Å²) in [5, 5.41) is 3.78. The topological polar surface area (TPSA) is 44.8 Å². The molecule has 0 atom stereocenters. The van der Waals surface area contributed by atoms with E-state index in [2.05, 4.69) is 27.2 Å². The summed E-state index contributed by atoms with van der Waals surface area (Å²) in [7, 11) is 0. The third kappa shape index (κ3) is 6.65. The van der Waals surface area contributed by atoms with Crippen LogP contribution in [0.5, 0.6) is 5.75 Å². The average molecular weight is 416 g/mol. The molecule has 1 amide bonds. The van der Waals surface area contributed by atoms with Crippen molar-refractivity contribution in [1.29, 1.82) is 0 Å². The molecule has 0 aromatic heterocycles. The number of halogens is 1. The van der Waals surface area contributed by atoms with Crippen molar-refractivity contribution in [3.8, 4) is 5.75 Å². The Labute approximate surface area is 178 Å². The fourth-order valence-corrected chi connectivity index (χ4v) is 3.57. The van der Waals surface area contributed by atoms with Crippen LogP contribution in [0.15, 0.2) is 48.5 Å². The maximum Gasteiger partial charge on any atom is 0.251 e. The van der Waals surface area contributed by atoms with Gasteiger partial charge in [0.15, 0.2) is 0 Å². The van der Waals surface area contributed by atoms with Crippen LogP contribution >= 0.6 is 11.6 Å². The summed E-state index contributed by atoms with van der Waals surface area (Å²) >= 11 is 5.97. The summed E-state index contributed by atoms with van der Waals surface area (Å²) in [4.78, 5) is 17.1. The fourth-order valence-electron chi connectivity index (χ4n) is 3.45. The average Bonchev–Trinajstić information content (AvgIpc) is 2.72. The summed E-state index contributed by atoms with van der Waals surface area (Å²) < 4.78 is 5.61. The molecule has 0 saturated carbocycles. The molecule has 0 unspecified atom stereocenters. The molecule has 0 radical (unpaired) electrons. The maximum absolute atomic E-state index is 12.3. The van der Waals surface area contributed by atoms with Crippen LogP contribution < -0.4 is 15.0 Å². The number of hydrogen-bond acceptors (Lipinski definition) is 4. The Hall–Kier alpha value is -2.24. The van der Waals surface area contributed by atoms with E-state index in [9.17, 15) is 4.79 Å². The van der Waals surface area contributed by atoms with Gasteiger partial charge < -0.3 is 15.0 Å². The number of nitrogens with one attached hydrogen (secondary N) is 1. The van der Waals surface area contributed by atoms with Crippen molar-refractivity contribution in [1.82, 2.24) is 10.2 Å². The van der Waals surface area contributed by atoms with Gasteiger partial charge in [-0.05, 0) is 75.3 Å². The van der Waals surface area contributed by atoms with Gasteiger partial charge in [0.05, 0.1) is 6.10 Å². The van der Waals surface area contributed by atoms with Gasteiger partial charge in [0, 0.05) is 49.0 Å². The monoisotopic (exact) mass is 415 g/mol. The Morgan fingerprint density at radius 1 is 1.03 bits per heavy atom. The van der Waals surface area contributed by atoms with Crippen LogP contribution in [0, 0.1) is 0 Å². The number of nitrogens with zero attached hydrogens (tertiary/aromatic N) is 2. The van der Waals surface area contributed by atoms with Gasteiger partial charge in [0.25, 0.3) is 5.91 Å². The van der Waals surface area contributed by atoms with Crippen LogP contribution in [0.3, 0.4) is 0 Å². The number of amides is 1. The second-order valence-electron chi connectivity index (χ2n) is 7.61. The Morgan fingerprint density at radius 3 is 2.31 bits per heavy atom. The molecule has 29 heavy (non-hydrogen) atoms. The van der Waals surface area contributed by atoms with E-state index >= 15 is 0 Å². The minimum atomic E-state index is -0.0337. The lowest BCUT2D eigenvalue weighted by Gasteiger charge is -2.36.